The number of likely N-dealkylation sites (N-methyl/N-ethyl adjacent to an activating group) is 1. The number of anilines is 1. The van der Waals surface area contributed by atoms with E-state index < -0.39 is 6.09 Å². The highest BCUT2D eigenvalue weighted by Gasteiger charge is 2.37. The summed E-state index contributed by atoms with van der Waals surface area (Å²) in [4.78, 5) is 37.4. The summed E-state index contributed by atoms with van der Waals surface area (Å²) >= 11 is 0. The largest absolute Gasteiger partial charge is 0.462 e. The van der Waals surface area contributed by atoms with E-state index in [2.05, 4.69) is 38.8 Å². The van der Waals surface area contributed by atoms with E-state index in [1.807, 2.05) is 54.9 Å². The minimum atomic E-state index is -0.411. The van der Waals surface area contributed by atoms with Gasteiger partial charge in [-0.2, -0.15) is 9.97 Å². The van der Waals surface area contributed by atoms with Crippen LogP contribution in [-0.4, -0.2) is 89.3 Å². The Morgan fingerprint density at radius 1 is 1.04 bits per heavy atom. The van der Waals surface area contributed by atoms with Gasteiger partial charge < -0.3 is 28.9 Å². The average Bonchev–Trinajstić information content (AvgIpc) is 3.53. The number of aromatic nitrogens is 3. The SMILES string of the molecule is [C-]#[N+]C[C@H]1CN(c2nc(OC[C@@H]3CCCN3C)nc3c2COC(c2cncc4ccccc24)C3)CCN1C(=O)OCc1ccccc1. The molecule has 3 atom stereocenters. The van der Waals surface area contributed by atoms with Crippen LogP contribution in [0, 0.1) is 6.57 Å². The first-order valence-electron chi connectivity index (χ1n) is 16.3. The lowest BCUT2D eigenvalue weighted by atomic mass is 9.96. The lowest BCUT2D eigenvalue weighted by Gasteiger charge is -2.40. The molecule has 0 radical (unpaired) electrons. The van der Waals surface area contributed by atoms with Crippen LogP contribution in [0.1, 0.15) is 41.3 Å². The van der Waals surface area contributed by atoms with Crippen molar-refractivity contribution in [3.63, 3.8) is 0 Å². The number of benzene rings is 2. The predicted molar refractivity (Wildman–Crippen MR) is 177 cm³/mol. The standard InChI is InChI=1S/C36H39N7O4/c1-37-19-28-21-42(15-16-43(28)36(44)47-22-25-9-4-3-5-10-25)34-31-24-45-33(30-20-38-18-26-11-6-7-13-29(26)30)17-32(31)39-35(40-34)46-23-27-12-8-14-41(27)2/h3-7,9-11,13,18,20,27-28,33H,8,12,14-17,19,21-24H2,2H3/t27-,28-,33?/m0/s1. The van der Waals surface area contributed by atoms with Crippen LogP contribution in [0.2, 0.25) is 0 Å². The molecule has 47 heavy (non-hydrogen) atoms. The van der Waals surface area contributed by atoms with Crippen LogP contribution in [0.4, 0.5) is 10.6 Å². The first-order valence-corrected chi connectivity index (χ1v) is 16.3. The van der Waals surface area contributed by atoms with Gasteiger partial charge in [0.05, 0.1) is 18.4 Å². The van der Waals surface area contributed by atoms with Crippen LogP contribution in [-0.2, 0) is 29.1 Å². The molecule has 0 N–H and O–H groups in total. The molecule has 5 heterocycles. The molecular weight excluding hydrogens is 594 g/mol. The van der Waals surface area contributed by atoms with Gasteiger partial charge in [-0.25, -0.2) is 11.4 Å². The van der Waals surface area contributed by atoms with Crippen LogP contribution in [0.5, 0.6) is 6.01 Å². The zero-order chi connectivity index (χ0) is 32.2. The van der Waals surface area contributed by atoms with Gasteiger partial charge in [0.15, 0.2) is 0 Å². The van der Waals surface area contributed by atoms with E-state index in [0.717, 1.165) is 58.4 Å². The van der Waals surface area contributed by atoms with E-state index in [1.165, 1.54) is 0 Å². The second-order valence-corrected chi connectivity index (χ2v) is 12.5. The monoisotopic (exact) mass is 633 g/mol. The van der Waals surface area contributed by atoms with Gasteiger partial charge in [0, 0.05) is 61.0 Å². The Balaban J connectivity index is 1.15. The van der Waals surface area contributed by atoms with Crippen molar-refractivity contribution in [3.8, 4) is 6.01 Å². The predicted octanol–water partition coefficient (Wildman–Crippen LogP) is 5.06. The summed E-state index contributed by atoms with van der Waals surface area (Å²) in [5.41, 5.74) is 3.76. The summed E-state index contributed by atoms with van der Waals surface area (Å²) in [5, 5.41) is 2.18. The highest BCUT2D eigenvalue weighted by molar-refractivity contribution is 5.85. The van der Waals surface area contributed by atoms with Crippen LogP contribution in [0.25, 0.3) is 15.6 Å². The molecule has 3 aliphatic heterocycles. The number of carbonyl (C=O) groups excluding carboxylic acids is 1. The van der Waals surface area contributed by atoms with E-state index in [-0.39, 0.29) is 25.3 Å². The number of piperazine rings is 1. The Hall–Kier alpha value is -4.79. The van der Waals surface area contributed by atoms with E-state index in [1.54, 1.807) is 4.90 Å². The van der Waals surface area contributed by atoms with Gasteiger partial charge in [-0.05, 0) is 37.4 Å². The van der Waals surface area contributed by atoms with Crippen molar-refractivity contribution in [2.24, 2.45) is 0 Å². The third kappa shape index (κ3) is 6.70. The number of likely N-dealkylation sites (tertiary alicyclic amines) is 1. The quantitative estimate of drug-likeness (QED) is 0.247. The maximum Gasteiger partial charge on any atom is 0.410 e. The second-order valence-electron chi connectivity index (χ2n) is 12.5. The fourth-order valence-corrected chi connectivity index (χ4v) is 6.86. The molecule has 11 nitrogen and oxygen atoms in total. The molecule has 2 fully saturated rings. The van der Waals surface area contributed by atoms with Crippen LogP contribution in [0.3, 0.4) is 0 Å². The first-order chi connectivity index (χ1) is 23.1. The fraction of sp³-hybridized carbons (Fsp3) is 0.417. The maximum atomic E-state index is 13.2. The van der Waals surface area contributed by atoms with Crippen LogP contribution >= 0.6 is 0 Å². The Kier molecular flexibility index (Phi) is 9.13. The fourth-order valence-electron chi connectivity index (χ4n) is 6.86. The van der Waals surface area contributed by atoms with Gasteiger partial charge in [0.1, 0.15) is 25.1 Å². The molecule has 0 aliphatic carbocycles. The molecular formula is C36H39N7O4. The number of nitrogens with zero attached hydrogens (tertiary/aromatic N) is 7. The number of amides is 1. The van der Waals surface area contributed by atoms with Crippen LogP contribution in [0.15, 0.2) is 67.0 Å². The van der Waals surface area contributed by atoms with Crippen molar-refractivity contribution in [3.05, 3.63) is 101 Å². The third-order valence-corrected chi connectivity index (χ3v) is 9.50. The van der Waals surface area contributed by atoms with E-state index in [9.17, 15) is 4.79 Å². The first kappa shape index (κ1) is 30.8. The van der Waals surface area contributed by atoms with Crippen molar-refractivity contribution in [1.82, 2.24) is 24.8 Å². The Labute approximate surface area is 274 Å². The summed E-state index contributed by atoms with van der Waals surface area (Å²) in [6.45, 7) is 11.3. The Morgan fingerprint density at radius 2 is 1.89 bits per heavy atom. The summed E-state index contributed by atoms with van der Waals surface area (Å²) in [5.74, 6) is 0.742. The van der Waals surface area contributed by atoms with Crippen molar-refractivity contribution < 1.29 is 19.0 Å². The van der Waals surface area contributed by atoms with Crippen molar-refractivity contribution in [1.29, 1.82) is 0 Å². The summed E-state index contributed by atoms with van der Waals surface area (Å²) < 4.78 is 18.5. The van der Waals surface area contributed by atoms with Gasteiger partial charge in [0.2, 0.25) is 6.54 Å². The number of pyridine rings is 1. The second kappa shape index (κ2) is 13.9. The normalized spacial score (nSPS) is 21.3. The average molecular weight is 634 g/mol. The molecule has 2 aromatic carbocycles. The molecule has 11 heteroatoms. The van der Waals surface area contributed by atoms with E-state index in [0.29, 0.717) is 51.3 Å². The topological polar surface area (TPSA) is 97.5 Å². The van der Waals surface area contributed by atoms with Gasteiger partial charge in [-0.1, -0.05) is 54.6 Å². The van der Waals surface area contributed by atoms with E-state index in [4.69, 9.17) is 30.8 Å². The summed E-state index contributed by atoms with van der Waals surface area (Å²) in [7, 11) is 2.13. The number of ether oxygens (including phenoxy) is 3. The van der Waals surface area contributed by atoms with Gasteiger partial charge in [0.25, 0.3) is 0 Å². The molecule has 2 aromatic heterocycles. The Morgan fingerprint density at radius 3 is 2.72 bits per heavy atom. The maximum absolute atomic E-state index is 13.2. The third-order valence-electron chi connectivity index (χ3n) is 9.50. The molecule has 1 unspecified atom stereocenters. The van der Waals surface area contributed by atoms with Gasteiger partial charge in [-0.15, -0.1) is 0 Å². The molecule has 4 aromatic rings. The van der Waals surface area contributed by atoms with E-state index >= 15 is 0 Å². The number of carbonyl (C=O) groups is 1. The Bertz CT molecular complexity index is 1760. The van der Waals surface area contributed by atoms with Gasteiger partial charge >= 0.3 is 12.1 Å². The number of fused-ring (bicyclic) bond motifs is 2. The molecule has 0 saturated carbocycles. The molecule has 2 saturated heterocycles. The lowest BCUT2D eigenvalue weighted by Crippen LogP contribution is -2.57. The summed E-state index contributed by atoms with van der Waals surface area (Å²) in [6, 6.07) is 18.1. The molecule has 0 spiro atoms. The van der Waals surface area contributed by atoms with Gasteiger partial charge in [-0.3, -0.25) is 9.88 Å². The highest BCUT2D eigenvalue weighted by atomic mass is 16.6. The molecule has 1 amide bonds. The van der Waals surface area contributed by atoms with Crippen molar-refractivity contribution in [2.75, 3.05) is 51.3 Å². The smallest absolute Gasteiger partial charge is 0.410 e. The minimum Gasteiger partial charge on any atom is -0.462 e. The zero-order valence-electron chi connectivity index (χ0n) is 26.6. The number of rotatable bonds is 8. The lowest BCUT2D eigenvalue weighted by molar-refractivity contribution is 0.0261. The molecule has 242 valence electrons. The number of hydrogen-bond acceptors (Lipinski definition) is 9. The molecule has 3 aliphatic rings. The summed E-state index contributed by atoms with van der Waals surface area (Å²) in [6.07, 6.45) is 5.92. The van der Waals surface area contributed by atoms with Crippen molar-refractivity contribution >= 4 is 22.7 Å². The zero-order valence-corrected chi connectivity index (χ0v) is 26.6. The highest BCUT2D eigenvalue weighted by Crippen LogP contribution is 2.37. The molecule has 7 rings (SSSR count). The number of hydrogen-bond donors (Lipinski definition) is 0. The molecule has 0 bridgehead atoms. The van der Waals surface area contributed by atoms with Crippen LogP contribution < -0.4 is 9.64 Å². The minimum absolute atomic E-state index is 0.161. The van der Waals surface area contributed by atoms with Crippen molar-refractivity contribution in [2.45, 2.75) is 50.7 Å².